The monoisotopic (exact) mass is 265 g/mol. The minimum absolute atomic E-state index is 0.296. The van der Waals surface area contributed by atoms with Crippen LogP contribution in [0.2, 0.25) is 0 Å². The molecule has 0 aliphatic rings. The predicted octanol–water partition coefficient (Wildman–Crippen LogP) is 2.76. The number of nitrogens with one attached hydrogen (secondary N) is 2. The molecule has 2 N–H and O–H groups in total. The van der Waals surface area contributed by atoms with Crippen molar-refractivity contribution in [1.82, 2.24) is 15.3 Å². The van der Waals surface area contributed by atoms with Crippen LogP contribution in [0.3, 0.4) is 0 Å². The van der Waals surface area contributed by atoms with Crippen LogP contribution in [0.15, 0.2) is 23.8 Å². The lowest BCUT2D eigenvalue weighted by Crippen LogP contribution is -2.23. The molecule has 0 amide bonds. The molecule has 0 aliphatic carbocycles. The molecule has 0 aliphatic heterocycles. The van der Waals surface area contributed by atoms with E-state index in [2.05, 4.69) is 28.3 Å². The molecule has 0 saturated heterocycles. The summed E-state index contributed by atoms with van der Waals surface area (Å²) < 4.78 is 5.24. The van der Waals surface area contributed by atoms with E-state index in [1.54, 1.807) is 24.6 Å². The molecule has 0 fully saturated rings. The number of aromatic amines is 1. The van der Waals surface area contributed by atoms with Crippen LogP contribution >= 0.6 is 11.3 Å². The van der Waals surface area contributed by atoms with Crippen LogP contribution in [0.1, 0.15) is 30.1 Å². The Morgan fingerprint density at radius 2 is 2.44 bits per heavy atom. The van der Waals surface area contributed by atoms with Gasteiger partial charge in [0, 0.05) is 35.1 Å². The fourth-order valence-electron chi connectivity index (χ4n) is 1.82. The van der Waals surface area contributed by atoms with Crippen LogP contribution in [0, 0.1) is 0 Å². The van der Waals surface area contributed by atoms with E-state index >= 15 is 0 Å². The second-order valence-corrected chi connectivity index (χ2v) is 5.08. The van der Waals surface area contributed by atoms with Crippen molar-refractivity contribution in [1.29, 1.82) is 0 Å². The minimum Gasteiger partial charge on any atom is -0.496 e. The molecule has 0 aromatic carbocycles. The molecule has 0 bridgehead atoms. The lowest BCUT2D eigenvalue weighted by molar-refractivity contribution is 0.415. The summed E-state index contributed by atoms with van der Waals surface area (Å²) in [7, 11) is 1.70. The summed E-state index contributed by atoms with van der Waals surface area (Å²) in [6, 6.07) is 2.39. The van der Waals surface area contributed by atoms with Gasteiger partial charge in [-0.3, -0.25) is 0 Å². The third kappa shape index (κ3) is 3.34. The molecule has 0 saturated carbocycles. The predicted molar refractivity (Wildman–Crippen MR) is 74.2 cm³/mol. The van der Waals surface area contributed by atoms with E-state index in [1.807, 2.05) is 11.6 Å². The Labute approximate surface area is 111 Å². The Bertz CT molecular complexity index is 453. The van der Waals surface area contributed by atoms with Gasteiger partial charge in [-0.15, -0.1) is 11.3 Å². The topological polar surface area (TPSA) is 49.9 Å². The van der Waals surface area contributed by atoms with E-state index in [0.29, 0.717) is 6.04 Å². The molecular weight excluding hydrogens is 246 g/mol. The maximum Gasteiger partial charge on any atom is 0.129 e. The average molecular weight is 265 g/mol. The van der Waals surface area contributed by atoms with E-state index in [4.69, 9.17) is 4.74 Å². The van der Waals surface area contributed by atoms with Gasteiger partial charge in [-0.2, -0.15) is 0 Å². The van der Waals surface area contributed by atoms with Crippen LogP contribution in [-0.2, 0) is 6.42 Å². The van der Waals surface area contributed by atoms with Gasteiger partial charge in [-0.05, 0) is 19.0 Å². The molecule has 5 heteroatoms. The van der Waals surface area contributed by atoms with Crippen LogP contribution in [0.25, 0.3) is 0 Å². The first-order valence-electron chi connectivity index (χ1n) is 6.17. The Morgan fingerprint density at radius 1 is 1.56 bits per heavy atom. The molecule has 2 aromatic rings. The number of imidazole rings is 1. The number of thiophene rings is 1. The molecule has 2 aromatic heterocycles. The van der Waals surface area contributed by atoms with E-state index in [-0.39, 0.29) is 0 Å². The van der Waals surface area contributed by atoms with Crippen molar-refractivity contribution < 1.29 is 4.74 Å². The van der Waals surface area contributed by atoms with E-state index < -0.39 is 0 Å². The standard InChI is InChI=1S/C13H19N3OS/c1-3-4-14-11(8-13-15-5-6-16-13)12-7-10(17-2)9-18-12/h5-7,9,11,14H,3-4,8H2,1-2H3,(H,15,16). The highest BCUT2D eigenvalue weighted by atomic mass is 32.1. The first-order valence-corrected chi connectivity index (χ1v) is 7.05. The molecule has 18 heavy (non-hydrogen) atoms. The molecule has 98 valence electrons. The smallest absolute Gasteiger partial charge is 0.129 e. The maximum atomic E-state index is 5.24. The fraction of sp³-hybridized carbons (Fsp3) is 0.462. The summed E-state index contributed by atoms with van der Waals surface area (Å²) in [6.45, 7) is 3.18. The number of aromatic nitrogens is 2. The lowest BCUT2D eigenvalue weighted by Gasteiger charge is -2.15. The third-order valence-electron chi connectivity index (χ3n) is 2.77. The quantitative estimate of drug-likeness (QED) is 0.809. The maximum absolute atomic E-state index is 5.24. The van der Waals surface area contributed by atoms with Crippen LogP contribution < -0.4 is 10.1 Å². The van der Waals surface area contributed by atoms with E-state index in [9.17, 15) is 0 Å². The Balaban J connectivity index is 2.08. The lowest BCUT2D eigenvalue weighted by atomic mass is 10.1. The van der Waals surface area contributed by atoms with Crippen molar-refractivity contribution in [2.75, 3.05) is 13.7 Å². The Hall–Kier alpha value is -1.33. The molecule has 0 radical (unpaired) electrons. The highest BCUT2D eigenvalue weighted by molar-refractivity contribution is 7.10. The molecule has 2 heterocycles. The number of ether oxygens (including phenoxy) is 1. The number of nitrogens with zero attached hydrogens (tertiary/aromatic N) is 1. The number of methoxy groups -OCH3 is 1. The molecule has 1 atom stereocenters. The molecule has 1 unspecified atom stereocenters. The van der Waals surface area contributed by atoms with Crippen LogP contribution in [0.5, 0.6) is 5.75 Å². The van der Waals surface area contributed by atoms with Gasteiger partial charge in [0.1, 0.15) is 11.6 Å². The van der Waals surface area contributed by atoms with Crippen LogP contribution in [0.4, 0.5) is 0 Å². The summed E-state index contributed by atoms with van der Waals surface area (Å²) in [4.78, 5) is 8.74. The number of hydrogen-bond donors (Lipinski definition) is 2. The van der Waals surface area contributed by atoms with E-state index in [1.165, 1.54) is 4.88 Å². The first-order chi connectivity index (χ1) is 8.83. The van der Waals surface area contributed by atoms with Gasteiger partial charge >= 0.3 is 0 Å². The van der Waals surface area contributed by atoms with E-state index in [0.717, 1.165) is 31.0 Å². The van der Waals surface area contributed by atoms with Crippen molar-refractivity contribution in [2.24, 2.45) is 0 Å². The van der Waals surface area contributed by atoms with Gasteiger partial charge in [0.05, 0.1) is 7.11 Å². The van der Waals surface area contributed by atoms with Crippen molar-refractivity contribution in [3.63, 3.8) is 0 Å². The second kappa shape index (κ2) is 6.56. The normalized spacial score (nSPS) is 12.6. The zero-order chi connectivity index (χ0) is 12.8. The van der Waals surface area contributed by atoms with Gasteiger partial charge in [0.2, 0.25) is 0 Å². The molecule has 0 spiro atoms. The summed E-state index contributed by atoms with van der Waals surface area (Å²) >= 11 is 1.73. The molecule has 4 nitrogen and oxygen atoms in total. The summed E-state index contributed by atoms with van der Waals surface area (Å²) in [5.41, 5.74) is 0. The summed E-state index contributed by atoms with van der Waals surface area (Å²) in [6.07, 6.45) is 5.65. The minimum atomic E-state index is 0.296. The molecular formula is C13H19N3OS. The zero-order valence-corrected chi connectivity index (χ0v) is 11.6. The van der Waals surface area contributed by atoms with Gasteiger partial charge in [-0.1, -0.05) is 6.92 Å². The number of rotatable bonds is 7. The van der Waals surface area contributed by atoms with Gasteiger partial charge in [0.15, 0.2) is 0 Å². The summed E-state index contributed by atoms with van der Waals surface area (Å²) in [5, 5.41) is 5.60. The summed E-state index contributed by atoms with van der Waals surface area (Å²) in [5.74, 6) is 1.94. The Morgan fingerprint density at radius 3 is 3.06 bits per heavy atom. The van der Waals surface area contributed by atoms with Crippen molar-refractivity contribution in [2.45, 2.75) is 25.8 Å². The van der Waals surface area contributed by atoms with Gasteiger partial charge < -0.3 is 15.0 Å². The Kier molecular flexibility index (Phi) is 4.78. The van der Waals surface area contributed by atoms with Gasteiger partial charge in [0.25, 0.3) is 0 Å². The van der Waals surface area contributed by atoms with Crippen LogP contribution in [-0.4, -0.2) is 23.6 Å². The SMILES string of the molecule is CCCNC(Cc1ncc[nH]1)c1cc(OC)cs1. The molecule has 2 rings (SSSR count). The van der Waals surface area contributed by atoms with Crippen molar-refractivity contribution >= 4 is 11.3 Å². The van der Waals surface area contributed by atoms with Gasteiger partial charge in [-0.25, -0.2) is 4.98 Å². The fourth-order valence-corrected chi connectivity index (χ4v) is 2.75. The van der Waals surface area contributed by atoms with Crippen molar-refractivity contribution in [3.8, 4) is 5.75 Å². The third-order valence-corrected chi connectivity index (χ3v) is 3.79. The highest BCUT2D eigenvalue weighted by Gasteiger charge is 2.15. The zero-order valence-electron chi connectivity index (χ0n) is 10.8. The number of H-pyrrole nitrogens is 1. The number of hydrogen-bond acceptors (Lipinski definition) is 4. The van der Waals surface area contributed by atoms with Crippen molar-refractivity contribution in [3.05, 3.63) is 34.5 Å². The first kappa shape index (κ1) is 13.1. The second-order valence-electron chi connectivity index (χ2n) is 4.14. The largest absolute Gasteiger partial charge is 0.496 e. The average Bonchev–Trinajstić information content (AvgIpc) is 3.05. The highest BCUT2D eigenvalue weighted by Crippen LogP contribution is 2.28.